The highest BCUT2D eigenvalue weighted by Gasteiger charge is 2.10. The Morgan fingerprint density at radius 2 is 2.00 bits per heavy atom. The van der Waals surface area contributed by atoms with Gasteiger partial charge in [-0.25, -0.2) is 19.6 Å². The normalized spacial score (nSPS) is 10.7. The number of imidazole rings is 1. The molecule has 0 aliphatic heterocycles. The van der Waals surface area contributed by atoms with E-state index in [2.05, 4.69) is 25.4 Å². The van der Waals surface area contributed by atoms with Crippen LogP contribution in [0.25, 0.3) is 5.82 Å². The first-order valence-corrected chi connectivity index (χ1v) is 8.97. The second kappa shape index (κ2) is 8.34. The minimum Gasteiger partial charge on any atom is -0.486 e. The molecule has 4 rings (SSSR count). The van der Waals surface area contributed by atoms with Crippen LogP contribution in [-0.2, 0) is 20.2 Å². The van der Waals surface area contributed by atoms with E-state index in [1.54, 1.807) is 47.7 Å². The zero-order valence-corrected chi connectivity index (χ0v) is 15.8. The second-order valence-electron chi connectivity index (χ2n) is 6.28. The fourth-order valence-electron chi connectivity index (χ4n) is 2.76. The van der Waals surface area contributed by atoms with Gasteiger partial charge in [0.15, 0.2) is 5.82 Å². The number of carbonyl (C=O) groups excluding carboxylic acids is 1. The third kappa shape index (κ3) is 4.29. The topological polar surface area (TPSA) is 99.8 Å². The molecule has 1 N–H and O–H groups in total. The quantitative estimate of drug-likeness (QED) is 0.518. The summed E-state index contributed by atoms with van der Waals surface area (Å²) in [6.45, 7) is 0.681. The second-order valence-corrected chi connectivity index (χ2v) is 6.28. The van der Waals surface area contributed by atoms with Gasteiger partial charge in [-0.05, 0) is 30.3 Å². The van der Waals surface area contributed by atoms with Gasteiger partial charge in [-0.3, -0.25) is 4.79 Å². The Hall–Kier alpha value is -4.01. The van der Waals surface area contributed by atoms with Crippen molar-refractivity contribution >= 4 is 5.91 Å². The molecule has 1 amide bonds. The number of rotatable bonds is 7. The summed E-state index contributed by atoms with van der Waals surface area (Å²) in [7, 11) is 1.91. The van der Waals surface area contributed by atoms with Crippen molar-refractivity contribution in [1.82, 2.24) is 34.6 Å². The summed E-state index contributed by atoms with van der Waals surface area (Å²) in [5, 5.41) is 7.00. The Bertz CT molecular complexity index is 1090. The summed E-state index contributed by atoms with van der Waals surface area (Å²) in [5.41, 5.74) is 1.38. The van der Waals surface area contributed by atoms with Crippen LogP contribution in [0.3, 0.4) is 0 Å². The van der Waals surface area contributed by atoms with Gasteiger partial charge in [0.25, 0.3) is 5.91 Å². The van der Waals surface area contributed by atoms with Crippen molar-refractivity contribution in [1.29, 1.82) is 0 Å². The predicted molar refractivity (Wildman–Crippen MR) is 104 cm³/mol. The third-order valence-corrected chi connectivity index (χ3v) is 4.35. The fourth-order valence-corrected chi connectivity index (χ4v) is 2.76. The van der Waals surface area contributed by atoms with Gasteiger partial charge in [0.05, 0.1) is 0 Å². The van der Waals surface area contributed by atoms with Crippen LogP contribution >= 0.6 is 0 Å². The molecule has 0 fully saturated rings. The van der Waals surface area contributed by atoms with Gasteiger partial charge in [-0.1, -0.05) is 6.07 Å². The van der Waals surface area contributed by atoms with Gasteiger partial charge < -0.3 is 14.6 Å². The molecule has 0 spiro atoms. The van der Waals surface area contributed by atoms with Crippen molar-refractivity contribution in [3.05, 3.63) is 84.6 Å². The van der Waals surface area contributed by atoms with Crippen LogP contribution in [0.1, 0.15) is 21.7 Å². The largest absolute Gasteiger partial charge is 0.486 e. The maximum absolute atomic E-state index is 12.5. The van der Waals surface area contributed by atoms with Crippen molar-refractivity contribution in [2.75, 3.05) is 0 Å². The SMILES string of the molecule is Cn1ccnc1COc1ccc(C(=O)NCc2cccnc2-n2cncn2)cc1. The smallest absolute Gasteiger partial charge is 0.251 e. The van der Waals surface area contributed by atoms with E-state index in [4.69, 9.17) is 4.74 Å². The van der Waals surface area contributed by atoms with E-state index < -0.39 is 0 Å². The Morgan fingerprint density at radius 1 is 1.14 bits per heavy atom. The Morgan fingerprint density at radius 3 is 2.72 bits per heavy atom. The highest BCUT2D eigenvalue weighted by molar-refractivity contribution is 5.94. The number of aromatic nitrogens is 6. The molecular weight excluding hydrogens is 370 g/mol. The highest BCUT2D eigenvalue weighted by Crippen LogP contribution is 2.14. The zero-order chi connectivity index (χ0) is 20.1. The Kier molecular flexibility index (Phi) is 5.28. The van der Waals surface area contributed by atoms with Crippen LogP contribution < -0.4 is 10.1 Å². The number of carbonyl (C=O) groups is 1. The minimum absolute atomic E-state index is 0.186. The molecule has 29 heavy (non-hydrogen) atoms. The summed E-state index contributed by atoms with van der Waals surface area (Å²) in [6, 6.07) is 10.7. The molecule has 1 aromatic carbocycles. The number of amides is 1. The molecule has 0 saturated carbocycles. The number of aryl methyl sites for hydroxylation is 1. The molecule has 9 nitrogen and oxygen atoms in total. The van der Waals surface area contributed by atoms with Crippen molar-refractivity contribution in [2.24, 2.45) is 7.05 Å². The van der Waals surface area contributed by atoms with E-state index in [0.29, 0.717) is 30.3 Å². The average Bonchev–Trinajstić information content (AvgIpc) is 3.43. The summed E-state index contributed by atoms with van der Waals surface area (Å²) >= 11 is 0. The molecule has 0 aliphatic rings. The molecule has 3 aromatic heterocycles. The van der Waals surface area contributed by atoms with E-state index >= 15 is 0 Å². The first-order chi connectivity index (χ1) is 14.2. The highest BCUT2D eigenvalue weighted by atomic mass is 16.5. The third-order valence-electron chi connectivity index (χ3n) is 4.35. The van der Waals surface area contributed by atoms with Crippen LogP contribution in [0.15, 0.2) is 67.6 Å². The van der Waals surface area contributed by atoms with Crippen molar-refractivity contribution in [3.8, 4) is 11.6 Å². The molecule has 0 atom stereocenters. The summed E-state index contributed by atoms with van der Waals surface area (Å²) < 4.78 is 9.17. The molecule has 0 radical (unpaired) electrons. The van der Waals surface area contributed by atoms with Crippen molar-refractivity contribution in [3.63, 3.8) is 0 Å². The standard InChI is InChI=1S/C20H19N7O2/c1-26-10-9-22-18(26)12-29-17-6-4-15(5-7-17)20(28)24-11-16-3-2-8-23-19(16)27-14-21-13-25-27/h2-10,13-14H,11-12H2,1H3,(H,24,28). The summed E-state index contributed by atoms with van der Waals surface area (Å²) in [6.07, 6.45) is 8.27. The van der Waals surface area contributed by atoms with Gasteiger partial charge in [0.2, 0.25) is 0 Å². The number of nitrogens with zero attached hydrogens (tertiary/aromatic N) is 6. The van der Waals surface area contributed by atoms with E-state index in [1.807, 2.05) is 29.9 Å². The summed E-state index contributed by atoms with van der Waals surface area (Å²) in [5.74, 6) is 1.94. The monoisotopic (exact) mass is 389 g/mol. The average molecular weight is 389 g/mol. The first-order valence-electron chi connectivity index (χ1n) is 8.97. The maximum atomic E-state index is 12.5. The van der Waals surface area contributed by atoms with Gasteiger partial charge >= 0.3 is 0 Å². The lowest BCUT2D eigenvalue weighted by Crippen LogP contribution is -2.23. The molecular formula is C20H19N7O2. The maximum Gasteiger partial charge on any atom is 0.251 e. The van der Waals surface area contributed by atoms with E-state index in [1.165, 1.54) is 6.33 Å². The Balaban J connectivity index is 1.36. The molecule has 146 valence electrons. The Labute approximate surface area is 167 Å². The molecule has 0 aliphatic carbocycles. The van der Waals surface area contributed by atoms with E-state index in [9.17, 15) is 4.79 Å². The molecule has 9 heteroatoms. The fraction of sp³-hybridized carbons (Fsp3) is 0.150. The number of benzene rings is 1. The van der Waals surface area contributed by atoms with Crippen LogP contribution in [0.2, 0.25) is 0 Å². The molecule has 0 unspecified atom stereocenters. The van der Waals surface area contributed by atoms with Crippen LogP contribution in [0, 0.1) is 0 Å². The van der Waals surface area contributed by atoms with Crippen molar-refractivity contribution in [2.45, 2.75) is 13.2 Å². The van der Waals surface area contributed by atoms with Gasteiger partial charge in [0.1, 0.15) is 30.8 Å². The molecule has 4 aromatic rings. The lowest BCUT2D eigenvalue weighted by molar-refractivity contribution is 0.0951. The van der Waals surface area contributed by atoms with Gasteiger partial charge in [-0.15, -0.1) is 0 Å². The van der Waals surface area contributed by atoms with Crippen molar-refractivity contribution < 1.29 is 9.53 Å². The van der Waals surface area contributed by atoms with Crippen LogP contribution in [-0.4, -0.2) is 35.2 Å². The number of nitrogens with one attached hydrogen (secondary N) is 1. The molecule has 0 bridgehead atoms. The molecule has 0 saturated heterocycles. The lowest BCUT2D eigenvalue weighted by Gasteiger charge is -2.10. The van der Waals surface area contributed by atoms with E-state index in [-0.39, 0.29) is 5.91 Å². The number of ether oxygens (including phenoxy) is 1. The number of hydrogen-bond donors (Lipinski definition) is 1. The predicted octanol–water partition coefficient (Wildman–Crippen LogP) is 1.90. The van der Waals surface area contributed by atoms with E-state index in [0.717, 1.165) is 11.4 Å². The first kappa shape index (κ1) is 18.4. The molecule has 3 heterocycles. The number of hydrogen-bond acceptors (Lipinski definition) is 6. The van der Waals surface area contributed by atoms with Gasteiger partial charge in [0, 0.05) is 43.3 Å². The lowest BCUT2D eigenvalue weighted by atomic mass is 10.2. The number of pyridine rings is 1. The van der Waals surface area contributed by atoms with Crippen LogP contribution in [0.5, 0.6) is 5.75 Å². The minimum atomic E-state index is -0.186. The zero-order valence-electron chi connectivity index (χ0n) is 15.8. The van der Waals surface area contributed by atoms with Gasteiger partial charge in [-0.2, -0.15) is 5.10 Å². The van der Waals surface area contributed by atoms with Crippen LogP contribution in [0.4, 0.5) is 0 Å². The summed E-state index contributed by atoms with van der Waals surface area (Å²) in [4.78, 5) is 25.0.